The zero-order valence-corrected chi connectivity index (χ0v) is 8.39. The van der Waals surface area contributed by atoms with Gasteiger partial charge in [-0.15, -0.1) is 0 Å². The molecular weight excluding hydrogens is 182 g/mol. The van der Waals surface area contributed by atoms with Gasteiger partial charge in [0.05, 0.1) is 0 Å². The van der Waals surface area contributed by atoms with Crippen molar-refractivity contribution < 1.29 is 5.11 Å². The van der Waals surface area contributed by atoms with Gasteiger partial charge in [-0.3, -0.25) is 0 Å². The highest BCUT2D eigenvalue weighted by Gasteiger charge is 2.23. The zero-order chi connectivity index (χ0) is 9.10. The van der Waals surface area contributed by atoms with Crippen LogP contribution in [0.5, 0.6) is 0 Å². The topological polar surface area (TPSA) is 36.0 Å². The van der Waals surface area contributed by atoms with Crippen molar-refractivity contribution in [2.45, 2.75) is 30.6 Å². The van der Waals surface area contributed by atoms with Crippen LogP contribution in [0.2, 0.25) is 0 Å². The standard InChI is InChI=1S/C10H15NOS/c12-10(8-4-3-6-11-8)9-5-1-2-7-13-9/h3-4,6,9-12H,1-2,5,7H2. The summed E-state index contributed by atoms with van der Waals surface area (Å²) < 4.78 is 0. The lowest BCUT2D eigenvalue weighted by atomic mass is 10.1. The minimum absolute atomic E-state index is 0.305. The summed E-state index contributed by atoms with van der Waals surface area (Å²) in [6, 6.07) is 3.89. The van der Waals surface area contributed by atoms with Crippen molar-refractivity contribution >= 4 is 11.8 Å². The van der Waals surface area contributed by atoms with Crippen LogP contribution in [-0.4, -0.2) is 21.1 Å². The first-order valence-corrected chi connectivity index (χ1v) is 5.86. The maximum absolute atomic E-state index is 9.98. The molecule has 0 spiro atoms. The molecule has 0 aromatic carbocycles. The van der Waals surface area contributed by atoms with Crippen molar-refractivity contribution in [1.29, 1.82) is 0 Å². The predicted octanol–water partition coefficient (Wildman–Crippen LogP) is 2.33. The van der Waals surface area contributed by atoms with Crippen molar-refractivity contribution in [3.05, 3.63) is 24.0 Å². The summed E-state index contributed by atoms with van der Waals surface area (Å²) in [4.78, 5) is 3.07. The van der Waals surface area contributed by atoms with Gasteiger partial charge in [-0.25, -0.2) is 0 Å². The maximum Gasteiger partial charge on any atom is 0.106 e. The monoisotopic (exact) mass is 197 g/mol. The number of H-pyrrole nitrogens is 1. The van der Waals surface area contributed by atoms with Gasteiger partial charge in [0.25, 0.3) is 0 Å². The van der Waals surface area contributed by atoms with E-state index in [0.29, 0.717) is 5.25 Å². The minimum atomic E-state index is -0.305. The van der Waals surface area contributed by atoms with Gasteiger partial charge in [-0.1, -0.05) is 6.42 Å². The Labute approximate surface area is 82.7 Å². The molecule has 13 heavy (non-hydrogen) atoms. The lowest BCUT2D eigenvalue weighted by Crippen LogP contribution is -2.19. The molecule has 0 aliphatic carbocycles. The average Bonchev–Trinajstić information content (AvgIpc) is 2.71. The van der Waals surface area contributed by atoms with Crippen molar-refractivity contribution in [3.63, 3.8) is 0 Å². The van der Waals surface area contributed by atoms with Crippen LogP contribution < -0.4 is 0 Å². The fourth-order valence-electron chi connectivity index (χ4n) is 1.74. The molecule has 0 saturated carbocycles. The number of hydrogen-bond acceptors (Lipinski definition) is 2. The van der Waals surface area contributed by atoms with E-state index >= 15 is 0 Å². The molecule has 1 aromatic heterocycles. The van der Waals surface area contributed by atoms with E-state index < -0.39 is 0 Å². The van der Waals surface area contributed by atoms with Crippen molar-refractivity contribution in [1.82, 2.24) is 4.98 Å². The number of aliphatic hydroxyl groups is 1. The molecule has 1 aromatic rings. The molecule has 3 heteroatoms. The fourth-order valence-corrected chi connectivity index (χ4v) is 3.08. The van der Waals surface area contributed by atoms with Crippen LogP contribution in [-0.2, 0) is 0 Å². The molecule has 2 heterocycles. The Bertz CT molecular complexity index is 241. The van der Waals surface area contributed by atoms with E-state index in [1.165, 1.54) is 18.6 Å². The minimum Gasteiger partial charge on any atom is -0.386 e. The SMILES string of the molecule is OC(c1ccc[nH]1)C1CCCCS1. The van der Waals surface area contributed by atoms with Crippen molar-refractivity contribution in [3.8, 4) is 0 Å². The molecule has 72 valence electrons. The van der Waals surface area contributed by atoms with E-state index in [-0.39, 0.29) is 6.10 Å². The second kappa shape index (κ2) is 4.20. The van der Waals surface area contributed by atoms with Gasteiger partial charge in [-0.2, -0.15) is 11.8 Å². The van der Waals surface area contributed by atoms with Crippen LogP contribution in [0.4, 0.5) is 0 Å². The Hall–Kier alpha value is -0.410. The summed E-state index contributed by atoms with van der Waals surface area (Å²) in [5.41, 5.74) is 0.958. The largest absolute Gasteiger partial charge is 0.386 e. The lowest BCUT2D eigenvalue weighted by molar-refractivity contribution is 0.165. The molecule has 0 amide bonds. The van der Waals surface area contributed by atoms with Gasteiger partial charge in [0.15, 0.2) is 0 Å². The number of hydrogen-bond donors (Lipinski definition) is 2. The third-order valence-electron chi connectivity index (χ3n) is 2.51. The number of nitrogens with one attached hydrogen (secondary N) is 1. The molecule has 0 radical (unpaired) electrons. The van der Waals surface area contributed by atoms with E-state index in [1.807, 2.05) is 30.1 Å². The Balaban J connectivity index is 1.99. The first-order valence-electron chi connectivity index (χ1n) is 4.81. The third-order valence-corrected chi connectivity index (χ3v) is 3.95. The molecule has 2 unspecified atom stereocenters. The molecule has 1 aliphatic rings. The van der Waals surface area contributed by atoms with Gasteiger partial charge in [0.2, 0.25) is 0 Å². The maximum atomic E-state index is 9.98. The average molecular weight is 197 g/mol. The molecule has 0 bridgehead atoms. The van der Waals surface area contributed by atoms with E-state index in [9.17, 15) is 5.11 Å². The highest BCUT2D eigenvalue weighted by Crippen LogP contribution is 2.33. The van der Waals surface area contributed by atoms with E-state index in [1.54, 1.807) is 0 Å². The Morgan fingerprint density at radius 1 is 1.54 bits per heavy atom. The first kappa shape index (κ1) is 9.16. The fraction of sp³-hybridized carbons (Fsp3) is 0.600. The highest BCUT2D eigenvalue weighted by atomic mass is 32.2. The van der Waals surface area contributed by atoms with Crippen LogP contribution in [0.1, 0.15) is 31.1 Å². The molecule has 1 saturated heterocycles. The number of rotatable bonds is 2. The summed E-state index contributed by atoms with van der Waals surface area (Å²) in [5, 5.41) is 10.4. The summed E-state index contributed by atoms with van der Waals surface area (Å²) in [6.07, 6.45) is 5.27. The normalized spacial score (nSPS) is 25.8. The second-order valence-electron chi connectivity index (χ2n) is 3.48. The molecule has 1 fully saturated rings. The lowest BCUT2D eigenvalue weighted by Gasteiger charge is -2.25. The molecule has 1 aliphatic heterocycles. The first-order chi connectivity index (χ1) is 6.38. The van der Waals surface area contributed by atoms with E-state index in [0.717, 1.165) is 12.1 Å². The third kappa shape index (κ3) is 2.09. The summed E-state index contributed by atoms with van der Waals surface area (Å²) in [5.74, 6) is 1.20. The van der Waals surface area contributed by atoms with Crippen LogP contribution in [0.25, 0.3) is 0 Å². The second-order valence-corrected chi connectivity index (χ2v) is 4.82. The van der Waals surface area contributed by atoms with Crippen molar-refractivity contribution in [2.75, 3.05) is 5.75 Å². The van der Waals surface area contributed by atoms with Crippen molar-refractivity contribution in [2.24, 2.45) is 0 Å². The number of aliphatic hydroxyl groups excluding tert-OH is 1. The van der Waals surface area contributed by atoms with Gasteiger partial charge < -0.3 is 10.1 Å². The molecule has 2 rings (SSSR count). The summed E-state index contributed by atoms with van der Waals surface area (Å²) in [7, 11) is 0. The number of aromatic amines is 1. The molecular formula is C10H15NOS. The van der Waals surface area contributed by atoms with Crippen LogP contribution in [0.3, 0.4) is 0 Å². The molecule has 2 nitrogen and oxygen atoms in total. The van der Waals surface area contributed by atoms with Crippen LogP contribution in [0.15, 0.2) is 18.3 Å². The van der Waals surface area contributed by atoms with Crippen LogP contribution in [0, 0.1) is 0 Å². The van der Waals surface area contributed by atoms with Gasteiger partial charge in [0, 0.05) is 17.1 Å². The Morgan fingerprint density at radius 3 is 3.08 bits per heavy atom. The molecule has 2 atom stereocenters. The van der Waals surface area contributed by atoms with Gasteiger partial charge in [-0.05, 0) is 30.7 Å². The van der Waals surface area contributed by atoms with Gasteiger partial charge >= 0.3 is 0 Å². The predicted molar refractivity (Wildman–Crippen MR) is 55.8 cm³/mol. The highest BCUT2D eigenvalue weighted by molar-refractivity contribution is 7.99. The van der Waals surface area contributed by atoms with E-state index in [4.69, 9.17) is 0 Å². The summed E-state index contributed by atoms with van der Waals surface area (Å²) in [6.45, 7) is 0. The molecule has 2 N–H and O–H groups in total. The van der Waals surface area contributed by atoms with Crippen LogP contribution >= 0.6 is 11.8 Å². The Morgan fingerprint density at radius 2 is 2.46 bits per heavy atom. The number of aromatic nitrogens is 1. The van der Waals surface area contributed by atoms with Gasteiger partial charge in [0.1, 0.15) is 6.10 Å². The van der Waals surface area contributed by atoms with E-state index in [2.05, 4.69) is 4.98 Å². The quantitative estimate of drug-likeness (QED) is 0.763. The smallest absolute Gasteiger partial charge is 0.106 e. The number of thioether (sulfide) groups is 1. The zero-order valence-electron chi connectivity index (χ0n) is 7.57. The Kier molecular flexibility index (Phi) is 2.96. The summed E-state index contributed by atoms with van der Waals surface area (Å²) >= 11 is 1.90.